The molecular weight excluding hydrogens is 474 g/mol. The summed E-state index contributed by atoms with van der Waals surface area (Å²) in [5.74, 6) is -0.0206. The van der Waals surface area contributed by atoms with Gasteiger partial charge in [-0.3, -0.25) is 19.4 Å². The normalized spacial score (nSPS) is 22.6. The van der Waals surface area contributed by atoms with Crippen LogP contribution in [0.15, 0.2) is 0 Å². The second-order valence-corrected chi connectivity index (χ2v) is 12.6. The van der Waals surface area contributed by atoms with Gasteiger partial charge in [0.1, 0.15) is 11.2 Å². The topological polar surface area (TPSA) is 109 Å². The highest BCUT2D eigenvalue weighted by Crippen LogP contribution is 2.25. The Hall–Kier alpha value is -1.91. The number of nitrogens with two attached hydrogens (primary N) is 1. The number of carbonyl (C=O) groups is 3. The molecule has 0 radical (unpaired) electrons. The number of rotatable bonds is 6. The van der Waals surface area contributed by atoms with Gasteiger partial charge in [0, 0.05) is 58.8 Å². The fourth-order valence-electron chi connectivity index (χ4n) is 5.89. The van der Waals surface area contributed by atoms with Gasteiger partial charge in [-0.1, -0.05) is 0 Å². The summed E-state index contributed by atoms with van der Waals surface area (Å²) in [7, 11) is 0. The van der Waals surface area contributed by atoms with Crippen molar-refractivity contribution in [1.82, 2.24) is 19.6 Å². The van der Waals surface area contributed by atoms with Gasteiger partial charge in [0.15, 0.2) is 0 Å². The lowest BCUT2D eigenvalue weighted by Gasteiger charge is -2.44. The van der Waals surface area contributed by atoms with Crippen molar-refractivity contribution in [1.29, 1.82) is 0 Å². The Balaban J connectivity index is 1.38. The minimum Gasteiger partial charge on any atom is -0.458 e. The summed E-state index contributed by atoms with van der Waals surface area (Å²) >= 11 is 0. The van der Waals surface area contributed by atoms with Crippen molar-refractivity contribution in [3.05, 3.63) is 0 Å². The fourth-order valence-corrected chi connectivity index (χ4v) is 5.89. The summed E-state index contributed by atoms with van der Waals surface area (Å²) in [5.41, 5.74) is 5.48. The van der Waals surface area contributed by atoms with Gasteiger partial charge in [-0.05, 0) is 79.3 Å². The van der Waals surface area contributed by atoms with Crippen LogP contribution in [0.5, 0.6) is 0 Å². The van der Waals surface area contributed by atoms with Crippen molar-refractivity contribution in [2.75, 3.05) is 58.9 Å². The lowest BCUT2D eigenvalue weighted by atomic mass is 9.88. The molecule has 3 aliphatic heterocycles. The summed E-state index contributed by atoms with van der Waals surface area (Å²) < 4.78 is 10.9. The largest absolute Gasteiger partial charge is 0.458 e. The molecule has 0 spiro atoms. The average molecular weight is 524 g/mol. The highest BCUT2D eigenvalue weighted by molar-refractivity contribution is 5.82. The van der Waals surface area contributed by atoms with Crippen LogP contribution in [0.4, 0.5) is 4.79 Å². The molecule has 0 aromatic carbocycles. The third-order valence-electron chi connectivity index (χ3n) is 7.71. The Morgan fingerprint density at radius 2 is 1.38 bits per heavy atom. The summed E-state index contributed by atoms with van der Waals surface area (Å²) in [6, 6.07) is -0.0302. The third kappa shape index (κ3) is 8.82. The molecule has 3 fully saturated rings. The van der Waals surface area contributed by atoms with Crippen LogP contribution in [0, 0.1) is 5.92 Å². The first-order valence-electron chi connectivity index (χ1n) is 13.9. The number of piperazine rings is 1. The molecule has 37 heavy (non-hydrogen) atoms. The van der Waals surface area contributed by atoms with E-state index in [0.717, 1.165) is 51.9 Å². The monoisotopic (exact) mass is 523 g/mol. The van der Waals surface area contributed by atoms with Crippen LogP contribution in [-0.2, 0) is 19.1 Å². The molecule has 1 atom stereocenters. The van der Waals surface area contributed by atoms with Crippen LogP contribution < -0.4 is 5.73 Å². The van der Waals surface area contributed by atoms with Crippen LogP contribution in [0.1, 0.15) is 67.2 Å². The zero-order valence-corrected chi connectivity index (χ0v) is 23.8. The molecule has 3 rings (SSSR count). The van der Waals surface area contributed by atoms with Crippen LogP contribution in [-0.4, -0.2) is 120 Å². The molecule has 1 unspecified atom stereocenters. The molecule has 10 heteroatoms. The Kier molecular flexibility index (Phi) is 9.85. The molecule has 0 bridgehead atoms. The van der Waals surface area contributed by atoms with Crippen molar-refractivity contribution in [3.8, 4) is 0 Å². The van der Waals surface area contributed by atoms with E-state index in [-0.39, 0.29) is 23.9 Å². The zero-order chi connectivity index (χ0) is 27.4. The van der Waals surface area contributed by atoms with Crippen molar-refractivity contribution in [2.45, 2.75) is 90.5 Å². The van der Waals surface area contributed by atoms with Crippen LogP contribution >= 0.6 is 0 Å². The maximum Gasteiger partial charge on any atom is 0.410 e. The Bertz CT molecular complexity index is 789. The van der Waals surface area contributed by atoms with Crippen molar-refractivity contribution in [3.63, 3.8) is 0 Å². The molecule has 10 nitrogen and oxygen atoms in total. The highest BCUT2D eigenvalue weighted by Gasteiger charge is 2.36. The molecule has 0 aromatic rings. The van der Waals surface area contributed by atoms with E-state index in [9.17, 15) is 14.4 Å². The van der Waals surface area contributed by atoms with Gasteiger partial charge < -0.3 is 25.0 Å². The molecule has 3 aliphatic rings. The predicted molar refractivity (Wildman–Crippen MR) is 142 cm³/mol. The molecule has 3 heterocycles. The van der Waals surface area contributed by atoms with Crippen molar-refractivity contribution >= 4 is 18.0 Å². The van der Waals surface area contributed by atoms with Gasteiger partial charge in [0.2, 0.25) is 5.91 Å². The highest BCUT2D eigenvalue weighted by atomic mass is 16.6. The number of amides is 2. The lowest BCUT2D eigenvalue weighted by molar-refractivity contribution is -0.155. The number of ether oxygens (including phenoxy) is 2. The third-order valence-corrected chi connectivity index (χ3v) is 7.71. The van der Waals surface area contributed by atoms with E-state index >= 15 is 0 Å². The van der Waals surface area contributed by atoms with Crippen LogP contribution in [0.25, 0.3) is 0 Å². The zero-order valence-electron chi connectivity index (χ0n) is 23.8. The summed E-state index contributed by atoms with van der Waals surface area (Å²) in [5, 5.41) is 0. The van der Waals surface area contributed by atoms with Crippen LogP contribution in [0.3, 0.4) is 0 Å². The van der Waals surface area contributed by atoms with E-state index in [1.54, 1.807) is 0 Å². The smallest absolute Gasteiger partial charge is 0.410 e. The van der Waals surface area contributed by atoms with Crippen molar-refractivity contribution < 1.29 is 23.9 Å². The molecule has 0 saturated carbocycles. The maximum absolute atomic E-state index is 13.2. The lowest BCUT2D eigenvalue weighted by Crippen LogP contribution is -2.58. The molecule has 3 saturated heterocycles. The number of carbonyl (C=O) groups excluding carboxylic acids is 3. The Labute approximate surface area is 222 Å². The average Bonchev–Trinajstić information content (AvgIpc) is 2.81. The van der Waals surface area contributed by atoms with E-state index in [4.69, 9.17) is 15.2 Å². The first kappa shape index (κ1) is 29.6. The first-order valence-corrected chi connectivity index (χ1v) is 13.9. The predicted octanol–water partition coefficient (Wildman–Crippen LogP) is 1.91. The van der Waals surface area contributed by atoms with E-state index in [1.807, 2.05) is 44.4 Å². The maximum atomic E-state index is 13.2. The number of hydrogen-bond donors (Lipinski definition) is 1. The summed E-state index contributed by atoms with van der Waals surface area (Å²) in [6.45, 7) is 17.9. The quantitative estimate of drug-likeness (QED) is 0.526. The molecule has 0 aliphatic carbocycles. The summed E-state index contributed by atoms with van der Waals surface area (Å²) in [6.07, 6.45) is 3.38. The number of nitrogens with zero attached hydrogens (tertiary/aromatic N) is 4. The second-order valence-electron chi connectivity index (χ2n) is 12.6. The molecule has 2 N–H and O–H groups in total. The van der Waals surface area contributed by atoms with Crippen molar-refractivity contribution in [2.24, 2.45) is 11.7 Å². The van der Waals surface area contributed by atoms with Gasteiger partial charge in [0.05, 0.1) is 6.04 Å². The summed E-state index contributed by atoms with van der Waals surface area (Å²) in [4.78, 5) is 45.4. The van der Waals surface area contributed by atoms with E-state index < -0.39 is 17.2 Å². The minimum atomic E-state index is -0.525. The number of likely N-dealkylation sites (tertiary alicyclic amines) is 2. The van der Waals surface area contributed by atoms with E-state index in [1.165, 1.54) is 6.92 Å². The Morgan fingerprint density at radius 1 is 0.811 bits per heavy atom. The second kappa shape index (κ2) is 12.3. The first-order chi connectivity index (χ1) is 17.2. The number of esters is 1. The molecule has 2 amide bonds. The number of piperidine rings is 2. The molecule has 212 valence electrons. The SMILES string of the molecule is CC(=O)OC(C)(C)CN1CCC(C(N)C(=O)N2CCN(C3CCN(C(=O)OC(C)(C)C)CC3)CC2)CC1. The molecule has 0 aromatic heterocycles. The molecular formula is C27H49N5O5. The number of hydrogen-bond acceptors (Lipinski definition) is 8. The standard InChI is InChI=1S/C27H49N5O5/c1-20(33)36-27(5,6)19-29-11-7-21(8-12-29)23(28)24(34)31-17-15-30(16-18-31)22-9-13-32(14-10-22)25(35)37-26(2,3)4/h21-23H,7-19,28H2,1-6H3. The van der Waals surface area contributed by atoms with Gasteiger partial charge in [0.25, 0.3) is 0 Å². The minimum absolute atomic E-state index is 0.0677. The fraction of sp³-hybridized carbons (Fsp3) is 0.889. The Morgan fingerprint density at radius 3 is 1.89 bits per heavy atom. The van der Waals surface area contributed by atoms with E-state index in [0.29, 0.717) is 38.8 Å². The van der Waals surface area contributed by atoms with Gasteiger partial charge in [-0.15, -0.1) is 0 Å². The van der Waals surface area contributed by atoms with Gasteiger partial charge >= 0.3 is 12.1 Å². The van der Waals surface area contributed by atoms with Crippen LogP contribution in [0.2, 0.25) is 0 Å². The van der Waals surface area contributed by atoms with Gasteiger partial charge in [-0.25, -0.2) is 4.79 Å². The van der Waals surface area contributed by atoms with Gasteiger partial charge in [-0.2, -0.15) is 0 Å². The van der Waals surface area contributed by atoms with E-state index in [2.05, 4.69) is 9.80 Å².